The van der Waals surface area contributed by atoms with Gasteiger partial charge in [-0.05, 0) is 81.0 Å². The summed E-state index contributed by atoms with van der Waals surface area (Å²) < 4.78 is 11.0. The summed E-state index contributed by atoms with van der Waals surface area (Å²) in [5.41, 5.74) is 2.59. The fraction of sp³-hybridized carbons (Fsp3) is 0.321. The number of anilines is 2. The fourth-order valence-corrected chi connectivity index (χ4v) is 5.54. The van der Waals surface area contributed by atoms with Gasteiger partial charge in [0.15, 0.2) is 6.10 Å². The van der Waals surface area contributed by atoms with Crippen LogP contribution in [-0.4, -0.2) is 30.5 Å². The molecule has 2 amide bonds. The molecule has 2 aromatic carbocycles. The van der Waals surface area contributed by atoms with Crippen molar-refractivity contribution >= 4 is 39.8 Å². The van der Waals surface area contributed by atoms with Gasteiger partial charge >= 0.3 is 5.97 Å². The highest BCUT2D eigenvalue weighted by Gasteiger charge is 2.29. The van der Waals surface area contributed by atoms with Gasteiger partial charge in [-0.25, -0.2) is 4.79 Å². The Hall–Kier alpha value is -3.65. The van der Waals surface area contributed by atoms with Crippen LogP contribution in [0.3, 0.4) is 0 Å². The second-order valence-corrected chi connectivity index (χ2v) is 9.98. The van der Waals surface area contributed by atoms with E-state index in [9.17, 15) is 14.4 Å². The average molecular weight is 507 g/mol. The Labute approximate surface area is 214 Å². The van der Waals surface area contributed by atoms with Crippen LogP contribution in [0.4, 0.5) is 10.7 Å². The van der Waals surface area contributed by atoms with Crippen LogP contribution in [-0.2, 0) is 22.4 Å². The molecule has 0 saturated carbocycles. The molecule has 188 valence electrons. The summed E-state index contributed by atoms with van der Waals surface area (Å²) in [6, 6.07) is 15.7. The van der Waals surface area contributed by atoms with E-state index in [1.54, 1.807) is 50.2 Å². The van der Waals surface area contributed by atoms with Crippen LogP contribution in [0.15, 0.2) is 54.6 Å². The van der Waals surface area contributed by atoms with E-state index in [-0.39, 0.29) is 18.4 Å². The van der Waals surface area contributed by atoms with Crippen molar-refractivity contribution in [3.8, 4) is 5.75 Å². The predicted octanol–water partition coefficient (Wildman–Crippen LogP) is 5.71. The lowest BCUT2D eigenvalue weighted by atomic mass is 9.88. The molecule has 0 unspecified atom stereocenters. The van der Waals surface area contributed by atoms with Gasteiger partial charge in [-0.15, -0.1) is 11.3 Å². The minimum atomic E-state index is -0.725. The number of para-hydroxylation sites is 1. The molecule has 1 heterocycles. The van der Waals surface area contributed by atoms with Gasteiger partial charge in [0.2, 0.25) is 0 Å². The molecule has 2 N–H and O–H groups in total. The first-order valence-electron chi connectivity index (χ1n) is 12.1. The number of carbonyl (C=O) groups is 3. The minimum Gasteiger partial charge on any atom is -0.481 e. The maximum Gasteiger partial charge on any atom is 0.341 e. The van der Waals surface area contributed by atoms with Crippen molar-refractivity contribution in [3.05, 3.63) is 76.2 Å². The molecule has 3 aromatic rings. The third kappa shape index (κ3) is 5.94. The van der Waals surface area contributed by atoms with Crippen molar-refractivity contribution in [2.75, 3.05) is 17.2 Å². The molecular weight excluding hydrogens is 476 g/mol. The SMILES string of the molecule is CCOC(=O)c1c(NC(=O)c2ccc(O[C@@H](C)C(=O)Nc3ccccc3)cc2)sc2c1CC[C@H](C)C2. The van der Waals surface area contributed by atoms with E-state index in [4.69, 9.17) is 9.47 Å². The van der Waals surface area contributed by atoms with Gasteiger partial charge in [-0.1, -0.05) is 25.1 Å². The van der Waals surface area contributed by atoms with Crippen molar-refractivity contribution in [2.24, 2.45) is 5.92 Å². The number of hydrogen-bond acceptors (Lipinski definition) is 6. The lowest BCUT2D eigenvalue weighted by Crippen LogP contribution is -2.30. The zero-order chi connectivity index (χ0) is 25.7. The van der Waals surface area contributed by atoms with Crippen molar-refractivity contribution in [3.63, 3.8) is 0 Å². The van der Waals surface area contributed by atoms with Crippen LogP contribution in [0.5, 0.6) is 5.75 Å². The number of benzene rings is 2. The quantitative estimate of drug-likeness (QED) is 0.382. The highest BCUT2D eigenvalue weighted by molar-refractivity contribution is 7.17. The van der Waals surface area contributed by atoms with Crippen LogP contribution in [0.2, 0.25) is 0 Å². The average Bonchev–Trinajstić information content (AvgIpc) is 3.22. The molecule has 1 aromatic heterocycles. The summed E-state index contributed by atoms with van der Waals surface area (Å²) in [6.45, 7) is 5.90. The third-order valence-corrected chi connectivity index (χ3v) is 7.23. The molecule has 0 bridgehead atoms. The molecule has 0 fully saturated rings. The van der Waals surface area contributed by atoms with Gasteiger partial charge in [-0.3, -0.25) is 9.59 Å². The maximum atomic E-state index is 13.0. The van der Waals surface area contributed by atoms with Gasteiger partial charge in [0, 0.05) is 16.1 Å². The molecule has 8 heteroatoms. The van der Waals surface area contributed by atoms with E-state index < -0.39 is 12.1 Å². The molecule has 4 rings (SSSR count). The van der Waals surface area contributed by atoms with Crippen LogP contribution in [0.25, 0.3) is 0 Å². The lowest BCUT2D eigenvalue weighted by Gasteiger charge is -2.18. The van der Waals surface area contributed by atoms with Crippen molar-refractivity contribution in [1.29, 1.82) is 0 Å². The predicted molar refractivity (Wildman–Crippen MR) is 141 cm³/mol. The van der Waals surface area contributed by atoms with Crippen molar-refractivity contribution in [2.45, 2.75) is 46.1 Å². The molecule has 1 aliphatic carbocycles. The topological polar surface area (TPSA) is 93.7 Å². The van der Waals surface area contributed by atoms with Crippen LogP contribution >= 0.6 is 11.3 Å². The molecule has 7 nitrogen and oxygen atoms in total. The van der Waals surface area contributed by atoms with Crippen LogP contribution in [0.1, 0.15) is 58.3 Å². The zero-order valence-electron chi connectivity index (χ0n) is 20.6. The number of nitrogens with one attached hydrogen (secondary N) is 2. The zero-order valence-corrected chi connectivity index (χ0v) is 21.4. The summed E-state index contributed by atoms with van der Waals surface area (Å²) in [6.07, 6.45) is 1.98. The standard InChI is InChI=1S/C28H30N2O5S/c1-4-34-28(33)24-22-15-10-17(2)16-23(22)36-27(24)30-26(32)19-11-13-21(14-12-19)35-18(3)25(31)29-20-8-6-5-7-9-20/h5-9,11-14,17-18H,4,10,15-16H2,1-3H3,(H,29,31)(H,30,32)/t17-,18-/m0/s1. The van der Waals surface area contributed by atoms with E-state index >= 15 is 0 Å². The maximum absolute atomic E-state index is 13.0. The normalized spacial score (nSPS) is 15.4. The summed E-state index contributed by atoms with van der Waals surface area (Å²) in [4.78, 5) is 39.2. The number of carbonyl (C=O) groups excluding carboxylic acids is 3. The summed E-state index contributed by atoms with van der Waals surface area (Å²) in [7, 11) is 0. The number of amides is 2. The Bertz CT molecular complexity index is 1240. The van der Waals surface area contributed by atoms with Gasteiger partial charge in [0.25, 0.3) is 11.8 Å². The molecule has 0 spiro atoms. The lowest BCUT2D eigenvalue weighted by molar-refractivity contribution is -0.122. The molecule has 0 radical (unpaired) electrons. The summed E-state index contributed by atoms with van der Waals surface area (Å²) >= 11 is 1.46. The Morgan fingerprint density at radius 3 is 2.47 bits per heavy atom. The van der Waals surface area contributed by atoms with Crippen molar-refractivity contribution < 1.29 is 23.9 Å². The summed E-state index contributed by atoms with van der Waals surface area (Å²) in [5, 5.41) is 6.25. The van der Waals surface area contributed by atoms with Gasteiger partial charge in [0.1, 0.15) is 10.8 Å². The minimum absolute atomic E-state index is 0.273. The van der Waals surface area contributed by atoms with Crippen molar-refractivity contribution in [1.82, 2.24) is 0 Å². The van der Waals surface area contributed by atoms with E-state index in [0.717, 1.165) is 29.7 Å². The van der Waals surface area contributed by atoms with Crippen LogP contribution in [0, 0.1) is 5.92 Å². The van der Waals surface area contributed by atoms with E-state index in [1.165, 1.54) is 11.3 Å². The monoisotopic (exact) mass is 506 g/mol. The molecule has 1 aliphatic rings. The smallest absolute Gasteiger partial charge is 0.341 e. The largest absolute Gasteiger partial charge is 0.481 e. The molecule has 2 atom stereocenters. The molecule has 0 saturated heterocycles. The second kappa shape index (κ2) is 11.4. The van der Waals surface area contributed by atoms with Crippen LogP contribution < -0.4 is 15.4 Å². The highest BCUT2D eigenvalue weighted by atomic mass is 32.1. The second-order valence-electron chi connectivity index (χ2n) is 8.87. The fourth-order valence-electron chi connectivity index (χ4n) is 4.14. The number of hydrogen-bond donors (Lipinski definition) is 2. The summed E-state index contributed by atoms with van der Waals surface area (Å²) in [5.74, 6) is 0.0139. The number of thiophene rings is 1. The Kier molecular flexibility index (Phi) is 8.05. The van der Waals surface area contributed by atoms with Gasteiger partial charge < -0.3 is 20.1 Å². The van der Waals surface area contributed by atoms with E-state index in [1.807, 2.05) is 18.2 Å². The number of fused-ring (bicyclic) bond motifs is 1. The number of ether oxygens (including phenoxy) is 2. The van der Waals surface area contributed by atoms with Gasteiger partial charge in [-0.2, -0.15) is 0 Å². The van der Waals surface area contributed by atoms with E-state index in [2.05, 4.69) is 17.6 Å². The molecule has 0 aliphatic heterocycles. The molecule has 36 heavy (non-hydrogen) atoms. The third-order valence-electron chi connectivity index (χ3n) is 6.06. The Morgan fingerprint density at radius 2 is 1.78 bits per heavy atom. The first kappa shape index (κ1) is 25.4. The Morgan fingerprint density at radius 1 is 1.06 bits per heavy atom. The molecular formula is C28H30N2O5S. The number of rotatable bonds is 8. The first-order valence-corrected chi connectivity index (χ1v) is 12.9. The van der Waals surface area contributed by atoms with Gasteiger partial charge in [0.05, 0.1) is 12.2 Å². The Balaban J connectivity index is 1.43. The highest BCUT2D eigenvalue weighted by Crippen LogP contribution is 2.40. The van der Waals surface area contributed by atoms with E-state index in [0.29, 0.717) is 33.5 Å². The first-order chi connectivity index (χ1) is 17.4. The number of esters is 1.